The number of benzene rings is 1. The molecule has 3 N–H and O–H groups in total. The molecule has 7 heteroatoms. The molecule has 5 nitrogen and oxygen atoms in total. The largest absolute Gasteiger partial charge is 0.394 e. The minimum absolute atomic E-state index is 0.254. The molecule has 0 spiro atoms. The highest BCUT2D eigenvalue weighted by Gasteiger charge is 2.19. The molecular formula is C29H39ClFN5. The molecule has 3 aromatic rings. The number of pyridine rings is 2. The number of aromatic nitrogens is 2. The molecular weight excluding hydrogens is 473 g/mol. The van der Waals surface area contributed by atoms with Crippen LogP contribution in [0, 0.1) is 5.82 Å². The molecule has 2 heterocycles. The summed E-state index contributed by atoms with van der Waals surface area (Å²) in [6, 6.07) is 10.4. The summed E-state index contributed by atoms with van der Waals surface area (Å²) in [6.07, 6.45) is 8.53. The molecule has 0 saturated carbocycles. The van der Waals surface area contributed by atoms with Crippen molar-refractivity contribution in [1.29, 1.82) is 0 Å². The van der Waals surface area contributed by atoms with Gasteiger partial charge in [-0.05, 0) is 67.4 Å². The summed E-state index contributed by atoms with van der Waals surface area (Å²) in [7, 11) is 3.55. The molecule has 1 atom stereocenters. The summed E-state index contributed by atoms with van der Waals surface area (Å²) in [4.78, 5) is 13.5. The Hall–Kier alpha value is -3.09. The molecule has 0 fully saturated rings. The number of nitrogens with zero attached hydrogens (tertiary/aromatic N) is 3. The smallest absolute Gasteiger partial charge is 0.127 e. The molecule has 0 radical (unpaired) electrons. The second-order valence-corrected chi connectivity index (χ2v) is 8.09. The third-order valence-electron chi connectivity index (χ3n) is 5.23. The first kappa shape index (κ1) is 30.9. The fraction of sp³-hybridized carbons (Fsp3) is 0.345. The maximum absolute atomic E-state index is 14.5. The highest BCUT2D eigenvalue weighted by molar-refractivity contribution is 6.30. The highest BCUT2D eigenvalue weighted by atomic mass is 35.5. The second-order valence-electron chi connectivity index (χ2n) is 7.65. The molecule has 1 aromatic carbocycles. The predicted octanol–water partition coefficient (Wildman–Crippen LogP) is 7.27. The average molecular weight is 512 g/mol. The lowest BCUT2D eigenvalue weighted by Gasteiger charge is -2.18. The van der Waals surface area contributed by atoms with Crippen molar-refractivity contribution in [2.45, 2.75) is 47.0 Å². The summed E-state index contributed by atoms with van der Waals surface area (Å²) >= 11 is 6.11. The third kappa shape index (κ3) is 8.54. The van der Waals surface area contributed by atoms with Crippen LogP contribution >= 0.6 is 11.6 Å². The number of nitrogens with one attached hydrogen (secondary N) is 1. The van der Waals surface area contributed by atoms with E-state index in [0.29, 0.717) is 10.6 Å². The standard InChI is InChI=1S/C24H24ClFN4.C3H9N.C2H6/c1-5-16(12-27-3)17-10-24-23(29-13-17)9-8-22(30-24)20(14-28-4)15(2)19-11-18(25)6-7-21(19)26;1-2-3-4;1-2/h5-15,28H,1-4H3;2-4H2,1H3;1-2H3/b16-5+,20-14+,27-12?;;. The topological polar surface area (TPSA) is 76.2 Å². The van der Waals surface area contributed by atoms with Crippen LogP contribution < -0.4 is 11.1 Å². The molecule has 0 saturated heterocycles. The molecule has 1 unspecified atom stereocenters. The van der Waals surface area contributed by atoms with E-state index in [9.17, 15) is 4.39 Å². The van der Waals surface area contributed by atoms with Crippen molar-refractivity contribution in [3.63, 3.8) is 0 Å². The van der Waals surface area contributed by atoms with Gasteiger partial charge in [0.2, 0.25) is 0 Å². The van der Waals surface area contributed by atoms with Crippen molar-refractivity contribution in [2.24, 2.45) is 10.7 Å². The SMILES string of the molecule is C/C=C(\C=NC)c1cnc2ccc(/C(=C/NC)C(C)c3cc(Cl)ccc3F)nc2c1.CC.CCCN. The number of rotatable bonds is 7. The maximum atomic E-state index is 14.5. The van der Waals surface area contributed by atoms with Crippen LogP contribution in [0.25, 0.3) is 22.2 Å². The van der Waals surface area contributed by atoms with Crippen LogP contribution in [0.3, 0.4) is 0 Å². The zero-order valence-corrected chi connectivity index (χ0v) is 23.2. The summed E-state index contributed by atoms with van der Waals surface area (Å²) in [6.45, 7) is 10.8. The third-order valence-corrected chi connectivity index (χ3v) is 5.46. The van der Waals surface area contributed by atoms with Gasteiger partial charge in [-0.2, -0.15) is 0 Å². The lowest BCUT2D eigenvalue weighted by molar-refractivity contribution is 0.606. The van der Waals surface area contributed by atoms with Gasteiger partial charge in [0.25, 0.3) is 0 Å². The molecule has 0 bridgehead atoms. The zero-order valence-electron chi connectivity index (χ0n) is 22.4. The van der Waals surface area contributed by atoms with Crippen molar-refractivity contribution in [3.05, 3.63) is 82.5 Å². The first-order valence-corrected chi connectivity index (χ1v) is 12.7. The van der Waals surface area contributed by atoms with Crippen LogP contribution in [0.15, 0.2) is 59.9 Å². The Kier molecular flexibility index (Phi) is 14.2. The van der Waals surface area contributed by atoms with Gasteiger partial charge in [0.15, 0.2) is 0 Å². The van der Waals surface area contributed by atoms with E-state index in [1.807, 2.05) is 71.4 Å². The summed E-state index contributed by atoms with van der Waals surface area (Å²) in [5.74, 6) is -0.550. The number of allylic oxidation sites excluding steroid dienone is 3. The Morgan fingerprint density at radius 2 is 1.89 bits per heavy atom. The van der Waals surface area contributed by atoms with Crippen molar-refractivity contribution in [1.82, 2.24) is 15.3 Å². The van der Waals surface area contributed by atoms with E-state index in [-0.39, 0.29) is 11.7 Å². The van der Waals surface area contributed by atoms with Gasteiger partial charge in [-0.3, -0.25) is 9.98 Å². The van der Waals surface area contributed by atoms with Gasteiger partial charge in [0, 0.05) is 54.8 Å². The first-order valence-electron chi connectivity index (χ1n) is 12.3. The Morgan fingerprint density at radius 1 is 1.19 bits per heavy atom. The predicted molar refractivity (Wildman–Crippen MR) is 155 cm³/mol. The Morgan fingerprint density at radius 3 is 2.47 bits per heavy atom. The molecule has 0 aliphatic carbocycles. The first-order chi connectivity index (χ1) is 17.4. The number of aliphatic imine (C=N–C) groups is 1. The van der Waals surface area contributed by atoms with E-state index in [1.165, 1.54) is 6.07 Å². The van der Waals surface area contributed by atoms with Crippen molar-refractivity contribution < 1.29 is 4.39 Å². The molecule has 0 aliphatic rings. The van der Waals surface area contributed by atoms with Crippen molar-refractivity contribution in [3.8, 4) is 0 Å². The molecule has 0 amide bonds. The molecule has 194 valence electrons. The minimum Gasteiger partial charge on any atom is -0.394 e. The van der Waals surface area contributed by atoms with Gasteiger partial charge in [-0.25, -0.2) is 9.37 Å². The zero-order chi connectivity index (χ0) is 27.1. The average Bonchev–Trinajstić information content (AvgIpc) is 2.92. The van der Waals surface area contributed by atoms with Crippen molar-refractivity contribution in [2.75, 3.05) is 20.6 Å². The van der Waals surface area contributed by atoms with E-state index in [4.69, 9.17) is 22.3 Å². The van der Waals surface area contributed by atoms with E-state index >= 15 is 0 Å². The van der Waals surface area contributed by atoms with Crippen LogP contribution in [-0.2, 0) is 0 Å². The van der Waals surface area contributed by atoms with Crippen LogP contribution in [0.1, 0.15) is 63.8 Å². The lowest BCUT2D eigenvalue weighted by Crippen LogP contribution is -2.07. The van der Waals surface area contributed by atoms with Crippen molar-refractivity contribution >= 4 is 40.0 Å². The monoisotopic (exact) mass is 511 g/mol. The van der Waals surface area contributed by atoms with Gasteiger partial charge in [0.1, 0.15) is 5.82 Å². The van der Waals surface area contributed by atoms with Crippen LogP contribution in [0.2, 0.25) is 5.02 Å². The van der Waals surface area contributed by atoms with E-state index in [0.717, 1.165) is 46.4 Å². The normalized spacial score (nSPS) is 12.5. The quantitative estimate of drug-likeness (QED) is 0.327. The molecule has 3 rings (SSSR count). The van der Waals surface area contributed by atoms with Crippen LogP contribution in [0.5, 0.6) is 0 Å². The lowest BCUT2D eigenvalue weighted by atomic mass is 9.90. The fourth-order valence-corrected chi connectivity index (χ4v) is 3.55. The number of hydrogen-bond donors (Lipinski definition) is 2. The van der Waals surface area contributed by atoms with E-state index in [2.05, 4.69) is 22.2 Å². The van der Waals surface area contributed by atoms with Gasteiger partial charge < -0.3 is 11.1 Å². The molecule has 36 heavy (non-hydrogen) atoms. The Bertz CT molecular complexity index is 1190. The van der Waals surface area contributed by atoms with Gasteiger partial charge >= 0.3 is 0 Å². The van der Waals surface area contributed by atoms with Gasteiger partial charge in [-0.15, -0.1) is 0 Å². The molecule has 0 aliphatic heterocycles. The van der Waals surface area contributed by atoms with Crippen LogP contribution in [-0.4, -0.2) is 36.8 Å². The second kappa shape index (κ2) is 16.6. The van der Waals surface area contributed by atoms with Gasteiger partial charge in [-0.1, -0.05) is 45.4 Å². The van der Waals surface area contributed by atoms with Gasteiger partial charge in [0.05, 0.1) is 16.7 Å². The summed E-state index contributed by atoms with van der Waals surface area (Å²) < 4.78 is 14.5. The summed E-state index contributed by atoms with van der Waals surface area (Å²) in [5, 5.41) is 3.55. The molecule has 2 aromatic heterocycles. The van der Waals surface area contributed by atoms with E-state index in [1.54, 1.807) is 25.4 Å². The minimum atomic E-state index is -0.296. The van der Waals surface area contributed by atoms with Crippen LogP contribution in [0.4, 0.5) is 4.39 Å². The summed E-state index contributed by atoms with van der Waals surface area (Å²) in [5.41, 5.74) is 10.6. The van der Waals surface area contributed by atoms with E-state index < -0.39 is 0 Å². The fourth-order valence-electron chi connectivity index (χ4n) is 3.37. The maximum Gasteiger partial charge on any atom is 0.127 e. The Balaban J connectivity index is 0.000000982. The number of nitrogens with two attached hydrogens (primary N) is 1. The Labute approximate surface area is 220 Å². The number of halogens is 2. The number of fused-ring (bicyclic) bond motifs is 1. The number of hydrogen-bond acceptors (Lipinski definition) is 5. The highest BCUT2D eigenvalue weighted by Crippen LogP contribution is 2.34.